The normalized spacial score (nSPS) is 16.6. The van der Waals surface area contributed by atoms with Crippen LogP contribution in [0.2, 0.25) is 0 Å². The lowest BCUT2D eigenvalue weighted by Gasteiger charge is -2.19. The van der Waals surface area contributed by atoms with Crippen molar-refractivity contribution in [1.29, 1.82) is 5.26 Å². The molecule has 1 fully saturated rings. The van der Waals surface area contributed by atoms with Gasteiger partial charge in [-0.15, -0.1) is 0 Å². The molecule has 3 aromatic carbocycles. The number of hydrogen-bond acceptors (Lipinski definition) is 5. The number of rotatable bonds is 6. The number of amides is 2. The van der Waals surface area contributed by atoms with Gasteiger partial charge in [0.15, 0.2) is 0 Å². The Morgan fingerprint density at radius 3 is 2.49 bits per heavy atom. The molecule has 35 heavy (non-hydrogen) atoms. The number of carbonyl (C=O) groups is 2. The highest BCUT2D eigenvalue weighted by Gasteiger charge is 2.41. The molecule has 0 aromatic heterocycles. The summed E-state index contributed by atoms with van der Waals surface area (Å²) in [6.45, 7) is 3.93. The van der Waals surface area contributed by atoms with Crippen LogP contribution in [0.4, 0.5) is 11.4 Å². The topological polar surface area (TPSA) is 82.4 Å². The lowest BCUT2D eigenvalue weighted by atomic mass is 10.0. The van der Waals surface area contributed by atoms with Gasteiger partial charge in [0.05, 0.1) is 12.4 Å². The van der Waals surface area contributed by atoms with E-state index in [-0.39, 0.29) is 11.5 Å². The molecule has 1 atom stereocenters. The molecule has 0 radical (unpaired) electrons. The molecule has 2 amide bonds. The van der Waals surface area contributed by atoms with Gasteiger partial charge in [0, 0.05) is 11.4 Å². The number of methoxy groups -OCH3 is 1. The van der Waals surface area contributed by atoms with E-state index in [9.17, 15) is 14.9 Å². The maximum atomic E-state index is 13.6. The Morgan fingerprint density at radius 2 is 1.83 bits per heavy atom. The fraction of sp³-hybridized carbons (Fsp3) is 0.179. The number of nitrogens with one attached hydrogen (secondary N) is 1. The van der Waals surface area contributed by atoms with E-state index < -0.39 is 11.2 Å². The molecule has 0 bridgehead atoms. The van der Waals surface area contributed by atoms with Crippen LogP contribution in [0.3, 0.4) is 0 Å². The maximum absolute atomic E-state index is 13.6. The van der Waals surface area contributed by atoms with Gasteiger partial charge < -0.3 is 10.1 Å². The summed E-state index contributed by atoms with van der Waals surface area (Å²) in [5.74, 6) is -0.0780. The minimum absolute atomic E-state index is 0.104. The van der Waals surface area contributed by atoms with Crippen LogP contribution in [0.1, 0.15) is 16.7 Å². The number of anilines is 2. The van der Waals surface area contributed by atoms with Crippen LogP contribution >= 0.6 is 11.8 Å². The van der Waals surface area contributed by atoms with Crippen molar-refractivity contribution in [2.75, 3.05) is 17.3 Å². The zero-order valence-electron chi connectivity index (χ0n) is 19.7. The second-order valence-corrected chi connectivity index (χ2v) is 9.42. The average molecular weight is 484 g/mol. The molecule has 4 rings (SSSR count). The molecule has 0 aliphatic carbocycles. The van der Waals surface area contributed by atoms with Crippen molar-refractivity contribution < 1.29 is 14.3 Å². The summed E-state index contributed by atoms with van der Waals surface area (Å²) in [5, 5.41) is 12.7. The zero-order chi connectivity index (χ0) is 24.9. The van der Waals surface area contributed by atoms with Gasteiger partial charge >= 0.3 is 0 Å². The Balaban J connectivity index is 1.74. The predicted molar refractivity (Wildman–Crippen MR) is 139 cm³/mol. The lowest BCUT2D eigenvalue weighted by molar-refractivity contribution is -0.117. The first kappa shape index (κ1) is 24.1. The molecule has 1 saturated heterocycles. The van der Waals surface area contributed by atoms with Crippen LogP contribution in [0.25, 0.3) is 0 Å². The Hall–Kier alpha value is -4.02. The molecule has 1 N–H and O–H groups in total. The SMILES string of the molecule is COc1ccc(N2C(=O)C(Cc3ccccc3C)S/C2=C(/C#N)C(=O)Nc2cccc(C)c2)cc1. The Morgan fingerprint density at radius 1 is 1.09 bits per heavy atom. The van der Waals surface area contributed by atoms with Crippen LogP contribution < -0.4 is 15.0 Å². The quantitative estimate of drug-likeness (QED) is 0.376. The van der Waals surface area contributed by atoms with Gasteiger partial charge in [-0.1, -0.05) is 48.2 Å². The highest BCUT2D eigenvalue weighted by atomic mass is 32.2. The number of carbonyl (C=O) groups excluding carboxylic acids is 2. The maximum Gasteiger partial charge on any atom is 0.269 e. The second kappa shape index (κ2) is 10.5. The monoisotopic (exact) mass is 483 g/mol. The summed E-state index contributed by atoms with van der Waals surface area (Å²) in [6.07, 6.45) is 0.491. The van der Waals surface area contributed by atoms with Gasteiger partial charge in [0.25, 0.3) is 5.91 Å². The smallest absolute Gasteiger partial charge is 0.269 e. The number of nitrogens with zero attached hydrogens (tertiary/aromatic N) is 2. The third-order valence-corrected chi connectivity index (χ3v) is 7.04. The van der Waals surface area contributed by atoms with E-state index in [0.717, 1.165) is 16.7 Å². The third-order valence-electron chi connectivity index (χ3n) is 5.78. The van der Waals surface area contributed by atoms with E-state index in [2.05, 4.69) is 5.32 Å². The van der Waals surface area contributed by atoms with E-state index >= 15 is 0 Å². The minimum Gasteiger partial charge on any atom is -0.497 e. The van der Waals surface area contributed by atoms with Crippen molar-refractivity contribution in [1.82, 2.24) is 0 Å². The van der Waals surface area contributed by atoms with Crippen molar-refractivity contribution in [3.8, 4) is 11.8 Å². The van der Waals surface area contributed by atoms with Gasteiger partial charge in [-0.2, -0.15) is 5.26 Å². The Kier molecular flexibility index (Phi) is 7.23. The fourth-order valence-electron chi connectivity index (χ4n) is 3.91. The first-order valence-electron chi connectivity index (χ1n) is 11.1. The second-order valence-electron chi connectivity index (χ2n) is 8.22. The van der Waals surface area contributed by atoms with Crippen LogP contribution in [0, 0.1) is 25.2 Å². The Labute approximate surface area is 209 Å². The van der Waals surface area contributed by atoms with E-state index in [1.807, 2.05) is 62.4 Å². The van der Waals surface area contributed by atoms with Crippen molar-refractivity contribution in [3.63, 3.8) is 0 Å². The van der Waals surface area contributed by atoms with Crippen LogP contribution in [0.5, 0.6) is 5.75 Å². The number of hydrogen-bond donors (Lipinski definition) is 1. The van der Waals surface area contributed by atoms with Crippen LogP contribution in [0.15, 0.2) is 83.4 Å². The van der Waals surface area contributed by atoms with Gasteiger partial charge in [-0.25, -0.2) is 0 Å². The van der Waals surface area contributed by atoms with E-state index in [1.165, 1.54) is 16.7 Å². The number of benzene rings is 3. The molecular weight excluding hydrogens is 458 g/mol. The molecule has 1 unspecified atom stereocenters. The molecule has 1 heterocycles. The molecule has 6 nitrogen and oxygen atoms in total. The number of ether oxygens (including phenoxy) is 1. The molecule has 0 saturated carbocycles. The molecule has 1 aliphatic rings. The van der Waals surface area contributed by atoms with Gasteiger partial charge in [-0.05, 0) is 73.4 Å². The Bertz CT molecular complexity index is 1340. The van der Waals surface area contributed by atoms with E-state index in [0.29, 0.717) is 28.6 Å². The van der Waals surface area contributed by atoms with Gasteiger partial charge in [-0.3, -0.25) is 14.5 Å². The van der Waals surface area contributed by atoms with E-state index in [4.69, 9.17) is 4.74 Å². The van der Waals surface area contributed by atoms with Crippen LogP contribution in [-0.2, 0) is 16.0 Å². The summed E-state index contributed by atoms with van der Waals surface area (Å²) >= 11 is 1.25. The summed E-state index contributed by atoms with van der Waals surface area (Å²) in [6, 6.07) is 24.3. The third kappa shape index (κ3) is 5.23. The largest absolute Gasteiger partial charge is 0.497 e. The molecular formula is C28H25N3O3S. The van der Waals surface area contributed by atoms with E-state index in [1.54, 1.807) is 37.4 Å². The summed E-state index contributed by atoms with van der Waals surface area (Å²) in [4.78, 5) is 28.3. The highest BCUT2D eigenvalue weighted by Crippen LogP contribution is 2.42. The first-order valence-corrected chi connectivity index (χ1v) is 12.0. The summed E-state index contributed by atoms with van der Waals surface area (Å²) in [5.41, 5.74) is 4.18. The number of nitriles is 1. The zero-order valence-corrected chi connectivity index (χ0v) is 20.6. The van der Waals surface area contributed by atoms with Crippen molar-refractivity contribution in [2.45, 2.75) is 25.5 Å². The molecule has 7 heteroatoms. The lowest BCUT2D eigenvalue weighted by Crippen LogP contribution is -2.31. The average Bonchev–Trinajstić information content (AvgIpc) is 3.16. The summed E-state index contributed by atoms with van der Waals surface area (Å²) < 4.78 is 5.24. The molecule has 0 spiro atoms. The first-order chi connectivity index (χ1) is 16.9. The van der Waals surface area contributed by atoms with Crippen LogP contribution in [-0.4, -0.2) is 24.2 Å². The molecule has 176 valence electrons. The number of aryl methyl sites for hydroxylation is 2. The van der Waals surface area contributed by atoms with Crippen molar-refractivity contribution in [2.24, 2.45) is 0 Å². The number of thioether (sulfide) groups is 1. The van der Waals surface area contributed by atoms with Gasteiger partial charge in [0.1, 0.15) is 22.4 Å². The molecule has 1 aliphatic heterocycles. The van der Waals surface area contributed by atoms with Gasteiger partial charge in [0.2, 0.25) is 5.91 Å². The molecule has 3 aromatic rings. The van der Waals surface area contributed by atoms with Crippen molar-refractivity contribution >= 4 is 35.0 Å². The standard InChI is InChI=1S/C28H25N3O3S/c1-18-7-6-10-21(15-18)30-26(32)24(17-29)28-31(22-11-13-23(34-3)14-12-22)27(33)25(35-28)16-20-9-5-4-8-19(20)2/h4-15,25H,16H2,1-3H3,(H,30,32)/b28-24-. The minimum atomic E-state index is -0.552. The van der Waals surface area contributed by atoms with Crippen molar-refractivity contribution in [3.05, 3.63) is 100 Å². The fourth-order valence-corrected chi connectivity index (χ4v) is 5.20. The summed E-state index contributed by atoms with van der Waals surface area (Å²) in [7, 11) is 1.57. The highest BCUT2D eigenvalue weighted by molar-refractivity contribution is 8.05. The predicted octanol–water partition coefficient (Wildman–Crippen LogP) is 5.38.